The lowest BCUT2D eigenvalue weighted by atomic mass is 10.1. The SMILES string of the molecule is CS(=O)(=O)Cc1ccc(C(=O)OCC(=O)Nc2ccc(Cl)cc2F)cc1. The highest BCUT2D eigenvalue weighted by Crippen LogP contribution is 2.18. The van der Waals surface area contributed by atoms with E-state index in [0.29, 0.717) is 5.56 Å². The van der Waals surface area contributed by atoms with Gasteiger partial charge in [0.15, 0.2) is 16.4 Å². The second-order valence-electron chi connectivity index (χ2n) is 5.52. The summed E-state index contributed by atoms with van der Waals surface area (Å²) in [5.41, 5.74) is 0.605. The summed E-state index contributed by atoms with van der Waals surface area (Å²) in [7, 11) is -3.18. The maximum Gasteiger partial charge on any atom is 0.338 e. The molecular formula is C17H15ClFNO5S. The van der Waals surface area contributed by atoms with E-state index in [0.717, 1.165) is 12.3 Å². The third kappa shape index (κ3) is 6.12. The Hall–Kier alpha value is -2.45. The number of halogens is 2. The summed E-state index contributed by atoms with van der Waals surface area (Å²) in [4.78, 5) is 23.6. The molecule has 0 fully saturated rings. The van der Waals surface area contributed by atoms with Gasteiger partial charge in [0.2, 0.25) is 0 Å². The summed E-state index contributed by atoms with van der Waals surface area (Å²) in [5.74, 6) is -2.33. The largest absolute Gasteiger partial charge is 0.452 e. The van der Waals surface area contributed by atoms with Crippen LogP contribution in [0.15, 0.2) is 42.5 Å². The summed E-state index contributed by atoms with van der Waals surface area (Å²) in [6, 6.07) is 9.52. The van der Waals surface area contributed by atoms with Crippen LogP contribution in [0.2, 0.25) is 5.02 Å². The standard InChI is InChI=1S/C17H15ClFNO5S/c1-26(23,24)10-11-2-4-12(5-3-11)17(22)25-9-16(21)20-15-7-6-13(18)8-14(15)19/h2-8H,9-10H2,1H3,(H,20,21). The average Bonchev–Trinajstić information content (AvgIpc) is 2.54. The molecule has 0 saturated heterocycles. The van der Waals surface area contributed by atoms with Crippen molar-refractivity contribution in [1.29, 1.82) is 0 Å². The minimum atomic E-state index is -3.18. The van der Waals surface area contributed by atoms with Crippen molar-refractivity contribution in [2.24, 2.45) is 0 Å². The summed E-state index contributed by atoms with van der Waals surface area (Å²) in [5, 5.41) is 2.45. The minimum Gasteiger partial charge on any atom is -0.452 e. The monoisotopic (exact) mass is 399 g/mol. The topological polar surface area (TPSA) is 89.5 Å². The normalized spacial score (nSPS) is 11.0. The van der Waals surface area contributed by atoms with Crippen LogP contribution < -0.4 is 5.32 Å². The highest BCUT2D eigenvalue weighted by Gasteiger charge is 2.13. The first kappa shape index (κ1) is 19.9. The van der Waals surface area contributed by atoms with Crippen molar-refractivity contribution in [3.8, 4) is 0 Å². The molecule has 0 aliphatic heterocycles. The number of carbonyl (C=O) groups excluding carboxylic acids is 2. The predicted molar refractivity (Wildman–Crippen MR) is 95.3 cm³/mol. The average molecular weight is 400 g/mol. The van der Waals surface area contributed by atoms with Gasteiger partial charge in [-0.2, -0.15) is 0 Å². The van der Waals surface area contributed by atoms with Crippen LogP contribution in [-0.4, -0.2) is 33.2 Å². The molecule has 0 aromatic heterocycles. The van der Waals surface area contributed by atoms with E-state index in [1.54, 1.807) is 0 Å². The Kier molecular flexibility index (Phi) is 6.33. The number of nitrogens with one attached hydrogen (secondary N) is 1. The number of carbonyl (C=O) groups is 2. The molecule has 0 spiro atoms. The van der Waals surface area contributed by atoms with Gasteiger partial charge in [-0.25, -0.2) is 17.6 Å². The summed E-state index contributed by atoms with van der Waals surface area (Å²) in [6.07, 6.45) is 1.11. The molecule has 0 aliphatic carbocycles. The van der Waals surface area contributed by atoms with Crippen LogP contribution in [0.5, 0.6) is 0 Å². The number of rotatable bonds is 6. The second kappa shape index (κ2) is 8.29. The number of amides is 1. The zero-order chi connectivity index (χ0) is 19.3. The highest BCUT2D eigenvalue weighted by atomic mass is 35.5. The van der Waals surface area contributed by atoms with E-state index in [4.69, 9.17) is 16.3 Å². The molecule has 2 rings (SSSR count). The van der Waals surface area contributed by atoms with Crippen LogP contribution in [0.1, 0.15) is 15.9 Å². The molecule has 0 aliphatic rings. The zero-order valence-electron chi connectivity index (χ0n) is 13.7. The quantitative estimate of drug-likeness (QED) is 0.754. The van der Waals surface area contributed by atoms with Crippen molar-refractivity contribution in [2.75, 3.05) is 18.2 Å². The van der Waals surface area contributed by atoms with Gasteiger partial charge in [-0.15, -0.1) is 0 Å². The van der Waals surface area contributed by atoms with Crippen molar-refractivity contribution >= 4 is 39.0 Å². The van der Waals surface area contributed by atoms with Gasteiger partial charge in [-0.3, -0.25) is 4.79 Å². The maximum absolute atomic E-state index is 13.6. The van der Waals surface area contributed by atoms with Crippen LogP contribution in [-0.2, 0) is 25.1 Å². The summed E-state index contributed by atoms with van der Waals surface area (Å²) < 4.78 is 40.9. The van der Waals surface area contributed by atoms with Gasteiger partial charge in [0.05, 0.1) is 17.0 Å². The van der Waals surface area contributed by atoms with Crippen molar-refractivity contribution < 1.29 is 27.1 Å². The Morgan fingerprint density at radius 2 is 1.81 bits per heavy atom. The third-order valence-electron chi connectivity index (χ3n) is 3.16. The number of hydrogen-bond acceptors (Lipinski definition) is 5. The van der Waals surface area contributed by atoms with Gasteiger partial charge in [-0.1, -0.05) is 23.7 Å². The molecule has 0 heterocycles. The molecule has 1 amide bonds. The highest BCUT2D eigenvalue weighted by molar-refractivity contribution is 7.89. The molecule has 2 aromatic rings. The van der Waals surface area contributed by atoms with E-state index < -0.39 is 34.1 Å². The maximum atomic E-state index is 13.6. The first-order valence-corrected chi connectivity index (χ1v) is 9.76. The van der Waals surface area contributed by atoms with Crippen molar-refractivity contribution in [3.05, 3.63) is 64.4 Å². The molecule has 0 radical (unpaired) electrons. The van der Waals surface area contributed by atoms with Crippen molar-refractivity contribution in [3.63, 3.8) is 0 Å². The zero-order valence-corrected chi connectivity index (χ0v) is 15.2. The van der Waals surface area contributed by atoms with E-state index in [9.17, 15) is 22.4 Å². The number of hydrogen-bond donors (Lipinski definition) is 1. The Morgan fingerprint density at radius 3 is 2.38 bits per heavy atom. The van der Waals surface area contributed by atoms with E-state index in [1.807, 2.05) is 0 Å². The summed E-state index contributed by atoms with van der Waals surface area (Å²) in [6.45, 7) is -0.605. The van der Waals surface area contributed by atoms with Gasteiger partial charge in [-0.05, 0) is 35.9 Å². The Bertz CT molecular complexity index is 929. The van der Waals surface area contributed by atoms with Gasteiger partial charge in [0.1, 0.15) is 5.82 Å². The third-order valence-corrected chi connectivity index (χ3v) is 4.25. The van der Waals surface area contributed by atoms with Crippen LogP contribution >= 0.6 is 11.6 Å². The van der Waals surface area contributed by atoms with Gasteiger partial charge in [0.25, 0.3) is 5.91 Å². The fraction of sp³-hybridized carbons (Fsp3) is 0.176. The van der Waals surface area contributed by atoms with Crippen molar-refractivity contribution in [2.45, 2.75) is 5.75 Å². The fourth-order valence-electron chi connectivity index (χ4n) is 2.03. The number of sulfone groups is 1. The Labute approximate surface area is 154 Å². The van der Waals surface area contributed by atoms with Crippen LogP contribution in [0.25, 0.3) is 0 Å². The first-order valence-electron chi connectivity index (χ1n) is 7.33. The lowest BCUT2D eigenvalue weighted by molar-refractivity contribution is -0.119. The molecule has 26 heavy (non-hydrogen) atoms. The number of ether oxygens (including phenoxy) is 1. The molecule has 138 valence electrons. The molecule has 0 bridgehead atoms. The number of anilines is 1. The fourth-order valence-corrected chi connectivity index (χ4v) is 2.99. The van der Waals surface area contributed by atoms with E-state index >= 15 is 0 Å². The second-order valence-corrected chi connectivity index (χ2v) is 8.09. The first-order chi connectivity index (χ1) is 12.1. The summed E-state index contributed by atoms with van der Waals surface area (Å²) >= 11 is 5.62. The van der Waals surface area contributed by atoms with E-state index in [2.05, 4.69) is 5.32 Å². The van der Waals surface area contributed by atoms with E-state index in [1.165, 1.54) is 36.4 Å². The molecule has 6 nitrogen and oxygen atoms in total. The minimum absolute atomic E-state index is 0.0828. The molecular weight excluding hydrogens is 385 g/mol. The number of benzene rings is 2. The Morgan fingerprint density at radius 1 is 1.15 bits per heavy atom. The molecule has 9 heteroatoms. The van der Waals surface area contributed by atoms with Crippen LogP contribution in [0.4, 0.5) is 10.1 Å². The van der Waals surface area contributed by atoms with Gasteiger partial charge >= 0.3 is 5.97 Å². The molecule has 0 atom stereocenters. The van der Waals surface area contributed by atoms with Gasteiger partial charge in [0, 0.05) is 11.3 Å². The Balaban J connectivity index is 1.90. The van der Waals surface area contributed by atoms with Crippen LogP contribution in [0, 0.1) is 5.82 Å². The molecule has 0 unspecified atom stereocenters. The van der Waals surface area contributed by atoms with Crippen molar-refractivity contribution in [1.82, 2.24) is 0 Å². The molecule has 0 saturated carbocycles. The molecule has 2 aromatic carbocycles. The number of esters is 1. The lowest BCUT2D eigenvalue weighted by Gasteiger charge is -2.08. The van der Waals surface area contributed by atoms with Gasteiger partial charge < -0.3 is 10.1 Å². The molecule has 1 N–H and O–H groups in total. The smallest absolute Gasteiger partial charge is 0.338 e. The predicted octanol–water partition coefficient (Wildman–Crippen LogP) is 2.82. The van der Waals surface area contributed by atoms with Crippen LogP contribution in [0.3, 0.4) is 0 Å². The lowest BCUT2D eigenvalue weighted by Crippen LogP contribution is -2.21. The van der Waals surface area contributed by atoms with E-state index in [-0.39, 0.29) is 22.0 Å².